The molecule has 0 atom stereocenters. The number of anilines is 2. The number of benzene rings is 2. The second-order valence-corrected chi connectivity index (χ2v) is 7.91. The van der Waals surface area contributed by atoms with Gasteiger partial charge >= 0.3 is 0 Å². The van der Waals surface area contributed by atoms with Gasteiger partial charge in [0.2, 0.25) is 0 Å². The lowest BCUT2D eigenvalue weighted by Gasteiger charge is -2.17. The minimum absolute atomic E-state index is 0.306. The number of rotatable bonds is 7. The Kier molecular flexibility index (Phi) is 6.03. The SMILES string of the molecule is CCc1nn(-c2ccccc2C)c(Nc2ccc(OC)cc2C(O)O)c1-c1nccs1. The number of para-hydroxylation sites is 1. The fraction of sp³-hybridized carbons (Fsp3) is 0.217. The van der Waals surface area contributed by atoms with Crippen LogP contribution >= 0.6 is 11.3 Å². The molecule has 31 heavy (non-hydrogen) atoms. The molecule has 0 aliphatic heterocycles. The predicted octanol–water partition coefficient (Wildman–Crippen LogP) is 4.60. The van der Waals surface area contributed by atoms with Crippen molar-refractivity contribution in [3.8, 4) is 22.0 Å². The molecule has 7 nitrogen and oxygen atoms in total. The molecule has 0 amide bonds. The number of aryl methyl sites for hydroxylation is 2. The van der Waals surface area contributed by atoms with Crippen molar-refractivity contribution in [2.75, 3.05) is 12.4 Å². The van der Waals surface area contributed by atoms with Gasteiger partial charge < -0.3 is 20.3 Å². The van der Waals surface area contributed by atoms with Crippen molar-refractivity contribution < 1.29 is 14.9 Å². The van der Waals surface area contributed by atoms with Crippen LogP contribution in [0.15, 0.2) is 54.0 Å². The van der Waals surface area contributed by atoms with Gasteiger partial charge in [-0.3, -0.25) is 0 Å². The smallest absolute Gasteiger partial charge is 0.180 e. The van der Waals surface area contributed by atoms with Crippen LogP contribution < -0.4 is 10.1 Å². The standard InChI is InChI=1S/C23H24N4O3S/c1-4-17-20(22-24-11-12-31-22)21(27(26-17)19-8-6-5-7-14(19)2)25-18-10-9-15(30-3)13-16(18)23(28)29/h5-13,23,25,28-29H,4H2,1-3H3. The Morgan fingerprint density at radius 3 is 2.65 bits per heavy atom. The lowest BCUT2D eigenvalue weighted by Crippen LogP contribution is -2.08. The number of aromatic nitrogens is 3. The van der Waals surface area contributed by atoms with Crippen molar-refractivity contribution in [3.05, 3.63) is 70.9 Å². The van der Waals surface area contributed by atoms with E-state index in [1.807, 2.05) is 41.3 Å². The summed E-state index contributed by atoms with van der Waals surface area (Å²) < 4.78 is 7.11. The summed E-state index contributed by atoms with van der Waals surface area (Å²) in [4.78, 5) is 4.52. The third-order valence-corrected chi connectivity index (χ3v) is 5.86. The van der Waals surface area contributed by atoms with Crippen molar-refractivity contribution in [1.29, 1.82) is 0 Å². The zero-order valence-corrected chi connectivity index (χ0v) is 18.3. The molecule has 0 aliphatic rings. The van der Waals surface area contributed by atoms with Gasteiger partial charge in [0.25, 0.3) is 0 Å². The van der Waals surface area contributed by atoms with Gasteiger partial charge in [-0.05, 0) is 43.2 Å². The van der Waals surface area contributed by atoms with Gasteiger partial charge in [-0.25, -0.2) is 9.67 Å². The summed E-state index contributed by atoms with van der Waals surface area (Å²) in [6, 6.07) is 13.1. The minimum atomic E-state index is -1.67. The van der Waals surface area contributed by atoms with Crippen molar-refractivity contribution >= 4 is 22.8 Å². The van der Waals surface area contributed by atoms with Crippen LogP contribution in [0, 0.1) is 6.92 Å². The van der Waals surface area contributed by atoms with E-state index in [2.05, 4.69) is 17.2 Å². The van der Waals surface area contributed by atoms with E-state index < -0.39 is 6.29 Å². The van der Waals surface area contributed by atoms with Gasteiger partial charge in [-0.1, -0.05) is 25.1 Å². The second kappa shape index (κ2) is 8.89. The van der Waals surface area contributed by atoms with Crippen molar-refractivity contribution in [1.82, 2.24) is 14.8 Å². The summed E-state index contributed by atoms with van der Waals surface area (Å²) in [6.45, 7) is 4.09. The van der Waals surface area contributed by atoms with Crippen LogP contribution in [-0.4, -0.2) is 32.1 Å². The molecule has 8 heteroatoms. The molecule has 0 saturated heterocycles. The number of methoxy groups -OCH3 is 1. The van der Waals surface area contributed by atoms with E-state index in [1.54, 1.807) is 24.4 Å². The Bertz CT molecular complexity index is 1190. The summed E-state index contributed by atoms with van der Waals surface area (Å²) in [5.41, 5.74) is 4.65. The Balaban J connectivity index is 1.94. The monoisotopic (exact) mass is 436 g/mol. The van der Waals surface area contributed by atoms with Crippen LogP contribution in [0.4, 0.5) is 11.5 Å². The normalized spacial score (nSPS) is 11.2. The van der Waals surface area contributed by atoms with E-state index in [4.69, 9.17) is 9.84 Å². The molecule has 0 aliphatic carbocycles. The van der Waals surface area contributed by atoms with Gasteiger partial charge in [-0.2, -0.15) is 5.10 Å². The average Bonchev–Trinajstić information content (AvgIpc) is 3.42. The van der Waals surface area contributed by atoms with Crippen molar-refractivity contribution in [3.63, 3.8) is 0 Å². The molecule has 4 aromatic rings. The Morgan fingerprint density at radius 2 is 2.00 bits per heavy atom. The van der Waals surface area contributed by atoms with E-state index in [0.717, 1.165) is 33.9 Å². The number of ether oxygens (including phenoxy) is 1. The molecule has 3 N–H and O–H groups in total. The molecule has 0 radical (unpaired) electrons. The average molecular weight is 437 g/mol. The quantitative estimate of drug-likeness (QED) is 0.367. The zero-order valence-electron chi connectivity index (χ0n) is 17.5. The Morgan fingerprint density at radius 1 is 1.19 bits per heavy atom. The number of aliphatic hydroxyl groups excluding tert-OH is 1. The summed E-state index contributed by atoms with van der Waals surface area (Å²) in [5.74, 6) is 1.25. The maximum Gasteiger partial charge on any atom is 0.180 e. The molecule has 2 aromatic carbocycles. The molecular formula is C23H24N4O3S. The van der Waals surface area contributed by atoms with Crippen molar-refractivity contribution in [2.24, 2.45) is 0 Å². The Labute approximate surface area is 184 Å². The van der Waals surface area contributed by atoms with Gasteiger partial charge in [-0.15, -0.1) is 11.3 Å². The first-order chi connectivity index (χ1) is 15.0. The van der Waals surface area contributed by atoms with Crippen LogP contribution in [0.2, 0.25) is 0 Å². The fourth-order valence-electron chi connectivity index (χ4n) is 3.50. The van der Waals surface area contributed by atoms with E-state index in [1.165, 1.54) is 18.4 Å². The molecule has 0 bridgehead atoms. The number of hydrogen-bond acceptors (Lipinski definition) is 7. The lowest BCUT2D eigenvalue weighted by atomic mass is 10.1. The van der Waals surface area contributed by atoms with E-state index in [0.29, 0.717) is 22.8 Å². The van der Waals surface area contributed by atoms with Crippen LogP contribution in [0.25, 0.3) is 16.3 Å². The molecule has 2 aromatic heterocycles. The van der Waals surface area contributed by atoms with Gasteiger partial charge in [0.1, 0.15) is 16.6 Å². The van der Waals surface area contributed by atoms with Gasteiger partial charge in [0, 0.05) is 22.8 Å². The number of nitrogens with one attached hydrogen (secondary N) is 1. The summed E-state index contributed by atoms with van der Waals surface area (Å²) in [5, 5.41) is 31.0. The maximum atomic E-state index is 9.96. The van der Waals surface area contributed by atoms with Gasteiger partial charge in [0.05, 0.1) is 24.1 Å². The minimum Gasteiger partial charge on any atom is -0.497 e. The van der Waals surface area contributed by atoms with Crippen LogP contribution in [0.3, 0.4) is 0 Å². The molecule has 0 spiro atoms. The number of aliphatic hydroxyl groups is 2. The zero-order chi connectivity index (χ0) is 22.0. The first-order valence-electron chi connectivity index (χ1n) is 9.92. The van der Waals surface area contributed by atoms with Crippen LogP contribution in [0.5, 0.6) is 5.75 Å². The summed E-state index contributed by atoms with van der Waals surface area (Å²) in [6.07, 6.45) is 0.826. The molecule has 0 fully saturated rings. The molecule has 4 rings (SSSR count). The van der Waals surface area contributed by atoms with E-state index in [9.17, 15) is 10.2 Å². The number of hydrogen-bond donors (Lipinski definition) is 3. The second-order valence-electron chi connectivity index (χ2n) is 7.01. The highest BCUT2D eigenvalue weighted by Crippen LogP contribution is 2.39. The largest absolute Gasteiger partial charge is 0.497 e. The molecule has 0 unspecified atom stereocenters. The lowest BCUT2D eigenvalue weighted by molar-refractivity contribution is -0.0420. The third kappa shape index (κ3) is 4.05. The Hall–Kier alpha value is -3.20. The maximum absolute atomic E-state index is 9.96. The van der Waals surface area contributed by atoms with E-state index in [-0.39, 0.29) is 0 Å². The van der Waals surface area contributed by atoms with Crippen LogP contribution in [0.1, 0.15) is 30.0 Å². The van der Waals surface area contributed by atoms with E-state index >= 15 is 0 Å². The summed E-state index contributed by atoms with van der Waals surface area (Å²) in [7, 11) is 1.54. The third-order valence-electron chi connectivity index (χ3n) is 5.07. The molecule has 0 saturated carbocycles. The van der Waals surface area contributed by atoms with Crippen molar-refractivity contribution in [2.45, 2.75) is 26.6 Å². The topological polar surface area (TPSA) is 92.4 Å². The molecule has 2 heterocycles. The van der Waals surface area contributed by atoms with Gasteiger partial charge in [0.15, 0.2) is 6.29 Å². The highest BCUT2D eigenvalue weighted by atomic mass is 32.1. The highest BCUT2D eigenvalue weighted by Gasteiger charge is 2.23. The molecular weight excluding hydrogens is 412 g/mol. The van der Waals surface area contributed by atoms with Crippen LogP contribution in [-0.2, 0) is 6.42 Å². The predicted molar refractivity (Wildman–Crippen MR) is 122 cm³/mol. The number of thiazole rings is 1. The molecule has 160 valence electrons. The highest BCUT2D eigenvalue weighted by molar-refractivity contribution is 7.13. The first-order valence-corrected chi connectivity index (χ1v) is 10.8. The fourth-order valence-corrected chi connectivity index (χ4v) is 4.20. The summed E-state index contributed by atoms with van der Waals surface area (Å²) >= 11 is 1.54. The number of nitrogens with zero attached hydrogens (tertiary/aromatic N) is 3. The first kappa shape index (κ1) is 21.0.